The fourth-order valence-electron chi connectivity index (χ4n) is 4.07. The van der Waals surface area contributed by atoms with Crippen LogP contribution >= 0.6 is 0 Å². The summed E-state index contributed by atoms with van der Waals surface area (Å²) in [5.41, 5.74) is 2.42. The van der Waals surface area contributed by atoms with Crippen molar-refractivity contribution in [2.45, 2.75) is 45.2 Å². The molecule has 128 valence electrons. The van der Waals surface area contributed by atoms with Crippen molar-refractivity contribution >= 4 is 0 Å². The molecule has 0 saturated carbocycles. The van der Waals surface area contributed by atoms with E-state index in [0.29, 0.717) is 12.3 Å². The molecule has 3 atom stereocenters. The van der Waals surface area contributed by atoms with Gasteiger partial charge in [-0.15, -0.1) is 0 Å². The second-order valence-electron chi connectivity index (χ2n) is 7.19. The maximum atomic E-state index is 10.8. The van der Waals surface area contributed by atoms with Crippen molar-refractivity contribution in [1.82, 2.24) is 4.90 Å². The molecule has 0 spiro atoms. The molecule has 1 fully saturated rings. The normalized spacial score (nSPS) is 31.3. The Morgan fingerprint density at radius 3 is 2.65 bits per heavy atom. The average molecular weight is 320 g/mol. The lowest BCUT2D eigenvalue weighted by Crippen LogP contribution is -2.48. The van der Waals surface area contributed by atoms with Crippen LogP contribution in [0.4, 0.5) is 0 Å². The van der Waals surface area contributed by atoms with Gasteiger partial charge in [0.05, 0.1) is 21.7 Å². The summed E-state index contributed by atoms with van der Waals surface area (Å²) in [5, 5.41) is 10.8. The molecule has 2 aliphatic heterocycles. The molecule has 0 bridgehead atoms. The highest BCUT2D eigenvalue weighted by Gasteiger charge is 2.38. The van der Waals surface area contributed by atoms with Gasteiger partial charge in [-0.2, -0.15) is 0 Å². The number of rotatable bonds is 4. The van der Waals surface area contributed by atoms with Crippen LogP contribution in [0.15, 0.2) is 12.1 Å². The number of fused-ring (bicyclic) bond motifs is 3. The number of piperidine rings is 1. The Kier molecular flexibility index (Phi) is 4.45. The quantitative estimate of drug-likeness (QED) is 0.926. The van der Waals surface area contributed by atoms with Gasteiger partial charge < -0.3 is 14.6 Å². The number of ether oxygens (including phenoxy) is 2. The lowest BCUT2D eigenvalue weighted by atomic mass is 9.79. The van der Waals surface area contributed by atoms with E-state index < -0.39 is 6.08 Å². The Balaban J connectivity index is 1.92. The molecule has 0 amide bonds. The molecule has 1 aromatic carbocycles. The van der Waals surface area contributed by atoms with E-state index >= 15 is 0 Å². The van der Waals surface area contributed by atoms with E-state index in [0.717, 1.165) is 37.4 Å². The third-order valence-corrected chi connectivity index (χ3v) is 5.20. The first-order chi connectivity index (χ1) is 11.4. The maximum absolute atomic E-state index is 10.8. The first-order valence-electron chi connectivity index (χ1n) is 9.07. The number of nitrogens with zero attached hydrogens (tertiary/aromatic N) is 1. The molecule has 23 heavy (non-hydrogen) atoms. The van der Waals surface area contributed by atoms with E-state index in [4.69, 9.17) is 10.8 Å². The lowest BCUT2D eigenvalue weighted by molar-refractivity contribution is -0.0191. The molecule has 0 aromatic heterocycles. The monoisotopic (exact) mass is 320 g/mol. The van der Waals surface area contributed by atoms with Gasteiger partial charge in [0, 0.05) is 19.1 Å². The molecule has 4 nitrogen and oxygen atoms in total. The minimum Gasteiger partial charge on any atom is -0.493 e. The Labute approximate surface area is 140 Å². The molecule has 3 rings (SSSR count). The summed E-state index contributed by atoms with van der Waals surface area (Å²) in [4.78, 5) is 2.43. The molecule has 0 radical (unpaired) electrons. The zero-order chi connectivity index (χ0) is 17.5. The van der Waals surface area contributed by atoms with E-state index in [9.17, 15) is 5.11 Å². The van der Waals surface area contributed by atoms with Crippen LogP contribution in [0.5, 0.6) is 11.5 Å². The number of aliphatic hydroxyl groups is 1. The molecule has 0 unspecified atom stereocenters. The van der Waals surface area contributed by atoms with Crippen LogP contribution in [0.2, 0.25) is 0 Å². The number of hydrogen-bond donors (Lipinski definition) is 1. The second kappa shape index (κ2) is 6.70. The van der Waals surface area contributed by atoms with Crippen LogP contribution < -0.4 is 9.47 Å². The zero-order valence-corrected chi connectivity index (χ0v) is 14.6. The summed E-state index contributed by atoms with van der Waals surface area (Å²) in [5.74, 6) is 1.97. The van der Waals surface area contributed by atoms with Crippen molar-refractivity contribution in [1.29, 1.82) is 0 Å². The highest BCUT2D eigenvalue weighted by molar-refractivity contribution is 5.49. The highest BCUT2D eigenvalue weighted by atomic mass is 16.5. The van der Waals surface area contributed by atoms with Gasteiger partial charge in [0.25, 0.3) is 0 Å². The predicted octanol–water partition coefficient (Wildman–Crippen LogP) is 3.03. The van der Waals surface area contributed by atoms with Crippen LogP contribution in [0.25, 0.3) is 0 Å². The van der Waals surface area contributed by atoms with E-state index in [-0.39, 0.29) is 12.0 Å². The molecule has 1 aromatic rings. The summed E-state index contributed by atoms with van der Waals surface area (Å²) < 4.78 is 19.4. The first kappa shape index (κ1) is 15.3. The Morgan fingerprint density at radius 2 is 2.00 bits per heavy atom. The van der Waals surface area contributed by atoms with E-state index in [1.165, 1.54) is 11.1 Å². The van der Waals surface area contributed by atoms with E-state index in [2.05, 4.69) is 24.8 Å². The summed E-state index contributed by atoms with van der Waals surface area (Å²) in [6.07, 6.45) is 0.944. The van der Waals surface area contributed by atoms with Crippen molar-refractivity contribution in [3.63, 3.8) is 0 Å². The third-order valence-electron chi connectivity index (χ3n) is 5.20. The topological polar surface area (TPSA) is 41.9 Å². The SMILES string of the molecule is [2H][C@@]1(O)C[C@H]2c3cc(OC)c(OC)cc3CCN2C[C@@H]1CC(C)C. The van der Waals surface area contributed by atoms with Crippen LogP contribution in [0, 0.1) is 11.8 Å². The fraction of sp³-hybridized carbons (Fsp3) is 0.684. The van der Waals surface area contributed by atoms with Gasteiger partial charge >= 0.3 is 0 Å². The van der Waals surface area contributed by atoms with Crippen LogP contribution in [0.1, 0.15) is 45.2 Å². The highest BCUT2D eigenvalue weighted by Crippen LogP contribution is 2.43. The summed E-state index contributed by atoms with van der Waals surface area (Å²) in [6, 6.07) is 4.16. The standard InChI is InChI=1S/C19H29NO3/c1-12(2)7-14-11-20-6-5-13-8-18(22-3)19(23-4)9-15(13)16(20)10-17(14)21/h8-9,12,14,16-17,21H,5-7,10-11H2,1-4H3/t14-,16-,17+/m0/s1/i17D. The Bertz CT molecular complexity index is 603. The van der Waals surface area contributed by atoms with Crippen LogP contribution in [-0.4, -0.2) is 43.4 Å². The van der Waals surface area contributed by atoms with Crippen LogP contribution in [-0.2, 0) is 6.42 Å². The van der Waals surface area contributed by atoms with Gasteiger partial charge in [0.1, 0.15) is 0 Å². The van der Waals surface area contributed by atoms with E-state index in [1.807, 2.05) is 6.07 Å². The molecular formula is C19H29NO3. The summed E-state index contributed by atoms with van der Waals surface area (Å²) in [6.45, 7) is 6.07. The lowest BCUT2D eigenvalue weighted by Gasteiger charge is -2.46. The molecule has 2 heterocycles. The van der Waals surface area contributed by atoms with Crippen LogP contribution in [0.3, 0.4) is 0 Å². The van der Waals surface area contributed by atoms with Crippen molar-refractivity contribution in [3.8, 4) is 11.5 Å². The van der Waals surface area contributed by atoms with Crippen molar-refractivity contribution in [2.75, 3.05) is 27.3 Å². The number of methoxy groups -OCH3 is 2. The molecule has 1 saturated heterocycles. The van der Waals surface area contributed by atoms with Gasteiger partial charge in [-0.3, -0.25) is 4.90 Å². The van der Waals surface area contributed by atoms with Gasteiger partial charge in [0.2, 0.25) is 0 Å². The second-order valence-corrected chi connectivity index (χ2v) is 7.19. The molecule has 2 aliphatic rings. The largest absolute Gasteiger partial charge is 0.493 e. The smallest absolute Gasteiger partial charge is 0.161 e. The van der Waals surface area contributed by atoms with Gasteiger partial charge in [-0.1, -0.05) is 13.8 Å². The summed E-state index contributed by atoms with van der Waals surface area (Å²) in [7, 11) is 3.30. The van der Waals surface area contributed by atoms with Crippen molar-refractivity contribution in [2.24, 2.45) is 11.8 Å². The zero-order valence-electron chi connectivity index (χ0n) is 15.6. The van der Waals surface area contributed by atoms with Gasteiger partial charge in [-0.05, 0) is 54.4 Å². The first-order valence-corrected chi connectivity index (χ1v) is 8.57. The fourth-order valence-corrected chi connectivity index (χ4v) is 4.07. The van der Waals surface area contributed by atoms with Crippen molar-refractivity contribution in [3.05, 3.63) is 23.3 Å². The number of hydrogen-bond acceptors (Lipinski definition) is 4. The molecular weight excluding hydrogens is 290 g/mol. The van der Waals surface area contributed by atoms with Crippen molar-refractivity contribution < 1.29 is 16.0 Å². The predicted molar refractivity (Wildman–Crippen MR) is 91.1 cm³/mol. The minimum absolute atomic E-state index is 0.00967. The van der Waals surface area contributed by atoms with E-state index in [1.54, 1.807) is 14.2 Å². The molecule has 0 aliphatic carbocycles. The minimum atomic E-state index is -1.37. The molecule has 1 N–H and O–H groups in total. The number of benzene rings is 1. The van der Waals surface area contributed by atoms with Gasteiger partial charge in [-0.25, -0.2) is 0 Å². The van der Waals surface area contributed by atoms with Gasteiger partial charge in [0.15, 0.2) is 11.5 Å². The third kappa shape index (κ3) is 3.20. The average Bonchev–Trinajstić information content (AvgIpc) is 2.53. The summed E-state index contributed by atoms with van der Waals surface area (Å²) >= 11 is 0. The Morgan fingerprint density at radius 1 is 1.30 bits per heavy atom. The maximum Gasteiger partial charge on any atom is 0.161 e. The molecule has 4 heteroatoms. The Hall–Kier alpha value is -1.26.